The van der Waals surface area contributed by atoms with E-state index in [9.17, 15) is 4.91 Å². The standard InChI is InChI=1S/C6H11NO2S/c1-2-6(3-4-10)5-9-7-8/h2,6,10H,1,3-5H2. The average molecular weight is 161 g/mol. The lowest BCUT2D eigenvalue weighted by Crippen LogP contribution is -2.04. The maximum absolute atomic E-state index is 9.50. The predicted octanol–water partition coefficient (Wildman–Crippen LogP) is 1.81. The monoisotopic (exact) mass is 161 g/mol. The molecule has 1 unspecified atom stereocenters. The number of hydrogen-bond acceptors (Lipinski definition) is 4. The molecule has 0 aromatic rings. The Hall–Kier alpha value is -0.510. The van der Waals surface area contributed by atoms with Crippen LogP contribution in [0.3, 0.4) is 0 Å². The van der Waals surface area contributed by atoms with Gasteiger partial charge >= 0.3 is 0 Å². The minimum absolute atomic E-state index is 0.190. The van der Waals surface area contributed by atoms with Crippen LogP contribution >= 0.6 is 12.6 Å². The third-order valence-corrected chi connectivity index (χ3v) is 1.43. The molecule has 0 rings (SSSR count). The summed E-state index contributed by atoms with van der Waals surface area (Å²) in [5.41, 5.74) is 0. The molecule has 1 atom stereocenters. The van der Waals surface area contributed by atoms with Gasteiger partial charge in [-0.1, -0.05) is 6.08 Å². The van der Waals surface area contributed by atoms with Gasteiger partial charge in [0.05, 0.1) is 0 Å². The summed E-state index contributed by atoms with van der Waals surface area (Å²) in [4.78, 5) is 13.8. The summed E-state index contributed by atoms with van der Waals surface area (Å²) in [6.07, 6.45) is 2.60. The second-order valence-corrected chi connectivity index (χ2v) is 2.33. The van der Waals surface area contributed by atoms with E-state index in [2.05, 4.69) is 29.4 Å². The molecule has 0 saturated heterocycles. The Bertz CT molecular complexity index is 108. The molecule has 0 saturated carbocycles. The number of thiol groups is 1. The molecule has 0 radical (unpaired) electrons. The molecule has 0 aliphatic rings. The SMILES string of the molecule is C=CC(CCS)CON=O. The first-order valence-corrected chi connectivity index (χ1v) is 3.66. The molecule has 10 heavy (non-hydrogen) atoms. The zero-order valence-electron chi connectivity index (χ0n) is 5.69. The molecule has 58 valence electrons. The van der Waals surface area contributed by atoms with E-state index >= 15 is 0 Å². The zero-order valence-corrected chi connectivity index (χ0v) is 6.59. The van der Waals surface area contributed by atoms with E-state index in [1.807, 2.05) is 0 Å². The van der Waals surface area contributed by atoms with Crippen molar-refractivity contribution in [3.05, 3.63) is 17.6 Å². The second-order valence-electron chi connectivity index (χ2n) is 1.88. The molecule has 0 amide bonds. The van der Waals surface area contributed by atoms with E-state index in [1.54, 1.807) is 6.08 Å². The fraction of sp³-hybridized carbons (Fsp3) is 0.667. The van der Waals surface area contributed by atoms with Gasteiger partial charge < -0.3 is 4.84 Å². The van der Waals surface area contributed by atoms with E-state index in [0.29, 0.717) is 6.61 Å². The first-order chi connectivity index (χ1) is 4.85. The normalized spacial score (nSPS) is 12.1. The quantitative estimate of drug-likeness (QED) is 0.279. The van der Waals surface area contributed by atoms with Crippen LogP contribution in [0.1, 0.15) is 6.42 Å². The highest BCUT2D eigenvalue weighted by molar-refractivity contribution is 7.80. The van der Waals surface area contributed by atoms with Crippen molar-refractivity contribution in [3.63, 3.8) is 0 Å². The Balaban J connectivity index is 3.38. The molecular formula is C6H11NO2S. The summed E-state index contributed by atoms with van der Waals surface area (Å²) in [6, 6.07) is 0. The molecule has 3 nitrogen and oxygen atoms in total. The molecule has 0 N–H and O–H groups in total. The molecule has 0 aromatic heterocycles. The topological polar surface area (TPSA) is 38.7 Å². The van der Waals surface area contributed by atoms with Crippen LogP contribution in [0.5, 0.6) is 0 Å². The summed E-state index contributed by atoms with van der Waals surface area (Å²) < 4.78 is 0. The van der Waals surface area contributed by atoms with E-state index in [4.69, 9.17) is 0 Å². The molecule has 0 heterocycles. The Morgan fingerprint density at radius 3 is 2.90 bits per heavy atom. The summed E-state index contributed by atoms with van der Waals surface area (Å²) in [6.45, 7) is 3.89. The van der Waals surface area contributed by atoms with Crippen molar-refractivity contribution in [2.24, 2.45) is 11.3 Å². The zero-order chi connectivity index (χ0) is 7.82. The minimum atomic E-state index is 0.190. The lowest BCUT2D eigenvalue weighted by Gasteiger charge is -2.05. The Labute approximate surface area is 65.8 Å². The first-order valence-electron chi connectivity index (χ1n) is 3.03. The van der Waals surface area contributed by atoms with Crippen molar-refractivity contribution < 1.29 is 4.84 Å². The Morgan fingerprint density at radius 2 is 2.50 bits per heavy atom. The molecule has 0 aromatic carbocycles. The van der Waals surface area contributed by atoms with Crippen LogP contribution in [0, 0.1) is 10.8 Å². The lowest BCUT2D eigenvalue weighted by molar-refractivity contribution is 0.116. The molecule has 0 bridgehead atoms. The second kappa shape index (κ2) is 6.61. The predicted molar refractivity (Wildman–Crippen MR) is 43.9 cm³/mol. The van der Waals surface area contributed by atoms with Crippen molar-refractivity contribution in [2.75, 3.05) is 12.4 Å². The summed E-state index contributed by atoms with van der Waals surface area (Å²) in [5.74, 6) is 0.953. The van der Waals surface area contributed by atoms with Gasteiger partial charge in [0.1, 0.15) is 6.61 Å². The number of rotatable bonds is 6. The van der Waals surface area contributed by atoms with Crippen LogP contribution in [-0.4, -0.2) is 12.4 Å². The lowest BCUT2D eigenvalue weighted by atomic mass is 10.1. The van der Waals surface area contributed by atoms with Gasteiger partial charge in [0.2, 0.25) is 0 Å². The van der Waals surface area contributed by atoms with Crippen molar-refractivity contribution >= 4 is 12.6 Å². The molecule has 0 aliphatic carbocycles. The van der Waals surface area contributed by atoms with Gasteiger partial charge in [-0.2, -0.15) is 12.6 Å². The van der Waals surface area contributed by atoms with E-state index in [1.165, 1.54) is 0 Å². The molecule has 4 heteroatoms. The van der Waals surface area contributed by atoms with Crippen LogP contribution in [0.4, 0.5) is 0 Å². The van der Waals surface area contributed by atoms with Crippen LogP contribution in [0.25, 0.3) is 0 Å². The summed E-state index contributed by atoms with van der Waals surface area (Å²) in [7, 11) is 0. The maximum atomic E-state index is 9.50. The summed E-state index contributed by atoms with van der Waals surface area (Å²) >= 11 is 4.02. The van der Waals surface area contributed by atoms with Crippen LogP contribution in [0.2, 0.25) is 0 Å². The number of hydrogen-bond donors (Lipinski definition) is 1. The van der Waals surface area contributed by atoms with Gasteiger partial charge in [-0.15, -0.1) is 11.5 Å². The van der Waals surface area contributed by atoms with Gasteiger partial charge in [0.15, 0.2) is 5.34 Å². The van der Waals surface area contributed by atoms with E-state index in [-0.39, 0.29) is 5.92 Å². The molecule has 0 fully saturated rings. The molecule has 0 aliphatic heterocycles. The van der Waals surface area contributed by atoms with E-state index < -0.39 is 0 Å². The summed E-state index contributed by atoms with van der Waals surface area (Å²) in [5, 5.41) is 2.28. The Kier molecular flexibility index (Phi) is 6.27. The van der Waals surface area contributed by atoms with Gasteiger partial charge in [-0.25, -0.2) is 0 Å². The van der Waals surface area contributed by atoms with Crippen molar-refractivity contribution in [1.82, 2.24) is 0 Å². The van der Waals surface area contributed by atoms with Gasteiger partial charge in [0.25, 0.3) is 0 Å². The van der Waals surface area contributed by atoms with Crippen LogP contribution in [-0.2, 0) is 4.84 Å². The maximum Gasteiger partial charge on any atom is 0.155 e. The number of nitrogens with zero attached hydrogens (tertiary/aromatic N) is 1. The largest absolute Gasteiger partial charge is 0.363 e. The molecular weight excluding hydrogens is 150 g/mol. The van der Waals surface area contributed by atoms with Gasteiger partial charge in [0, 0.05) is 5.92 Å². The van der Waals surface area contributed by atoms with Crippen LogP contribution < -0.4 is 0 Å². The Morgan fingerprint density at radius 1 is 1.80 bits per heavy atom. The first kappa shape index (κ1) is 9.49. The highest BCUT2D eigenvalue weighted by Crippen LogP contribution is 2.05. The van der Waals surface area contributed by atoms with Gasteiger partial charge in [-0.05, 0) is 12.2 Å². The van der Waals surface area contributed by atoms with Crippen molar-refractivity contribution in [2.45, 2.75) is 6.42 Å². The van der Waals surface area contributed by atoms with E-state index in [0.717, 1.165) is 12.2 Å². The molecule has 0 spiro atoms. The highest BCUT2D eigenvalue weighted by Gasteiger charge is 2.02. The average Bonchev–Trinajstić information content (AvgIpc) is 1.98. The van der Waals surface area contributed by atoms with Crippen molar-refractivity contribution in [1.29, 1.82) is 0 Å². The highest BCUT2D eigenvalue weighted by atomic mass is 32.1. The van der Waals surface area contributed by atoms with Gasteiger partial charge in [-0.3, -0.25) is 0 Å². The third-order valence-electron chi connectivity index (χ3n) is 1.17. The third kappa shape index (κ3) is 4.38. The minimum Gasteiger partial charge on any atom is -0.363 e. The smallest absolute Gasteiger partial charge is 0.155 e. The fourth-order valence-corrected chi connectivity index (χ4v) is 0.893. The van der Waals surface area contributed by atoms with Crippen LogP contribution in [0.15, 0.2) is 18.0 Å². The van der Waals surface area contributed by atoms with Crippen molar-refractivity contribution in [3.8, 4) is 0 Å². The fourth-order valence-electron chi connectivity index (χ4n) is 0.561.